The molecule has 3 aromatic carbocycles. The van der Waals surface area contributed by atoms with E-state index in [-0.39, 0.29) is 30.1 Å². The van der Waals surface area contributed by atoms with Gasteiger partial charge < -0.3 is 23.4 Å². The number of hydrogen-bond acceptors (Lipinski definition) is 8. The Hall–Kier alpha value is -4.79. The summed E-state index contributed by atoms with van der Waals surface area (Å²) in [5.74, 6) is 0.498. The van der Waals surface area contributed by atoms with Crippen molar-refractivity contribution in [2.45, 2.75) is 6.61 Å². The summed E-state index contributed by atoms with van der Waals surface area (Å²) in [6.07, 6.45) is 0. The Morgan fingerprint density at radius 2 is 1.79 bits per heavy atom. The van der Waals surface area contributed by atoms with Crippen LogP contribution in [0.25, 0.3) is 32.7 Å². The maximum atomic E-state index is 13.4. The van der Waals surface area contributed by atoms with Gasteiger partial charge in [0.1, 0.15) is 24.5 Å². The number of azide groups is 1. The van der Waals surface area contributed by atoms with Crippen LogP contribution in [0.1, 0.15) is 15.9 Å². The largest absolute Gasteiger partial charge is 0.491 e. The SMILES string of the molecule is COC(=O)c1cccc(COc2c(-c3ccc(OCCOCCN=[N+]=[N-])cc3)oc3ccccc3c2=O)c1. The summed E-state index contributed by atoms with van der Waals surface area (Å²) in [6.45, 7) is 1.30. The summed E-state index contributed by atoms with van der Waals surface area (Å²) in [5, 5.41) is 3.80. The molecule has 0 aliphatic carbocycles. The van der Waals surface area contributed by atoms with Crippen LogP contribution in [-0.2, 0) is 16.1 Å². The highest BCUT2D eigenvalue weighted by molar-refractivity contribution is 5.89. The number of fused-ring (bicyclic) bond motifs is 1. The lowest BCUT2D eigenvalue weighted by atomic mass is 10.1. The molecule has 0 atom stereocenters. The molecule has 10 heteroatoms. The molecule has 194 valence electrons. The van der Waals surface area contributed by atoms with Gasteiger partial charge in [0.25, 0.3) is 0 Å². The molecule has 0 N–H and O–H groups in total. The van der Waals surface area contributed by atoms with Crippen molar-refractivity contribution in [3.8, 4) is 22.8 Å². The van der Waals surface area contributed by atoms with Crippen LogP contribution in [0.15, 0.2) is 87.1 Å². The number of carbonyl (C=O) groups is 1. The number of benzene rings is 3. The molecular weight excluding hydrogens is 490 g/mol. The predicted octanol–water partition coefficient (Wildman–Crippen LogP) is 5.53. The van der Waals surface area contributed by atoms with E-state index in [1.807, 2.05) is 0 Å². The molecule has 0 spiro atoms. The lowest BCUT2D eigenvalue weighted by molar-refractivity contribution is 0.0600. The highest BCUT2D eigenvalue weighted by Gasteiger charge is 2.18. The second-order valence-electron chi connectivity index (χ2n) is 8.01. The number of para-hydroxylation sites is 1. The average Bonchev–Trinajstić information content (AvgIpc) is 2.96. The summed E-state index contributed by atoms with van der Waals surface area (Å²) in [6, 6.07) is 20.8. The molecule has 1 heterocycles. The summed E-state index contributed by atoms with van der Waals surface area (Å²) >= 11 is 0. The molecular formula is C28H25N3O7. The predicted molar refractivity (Wildman–Crippen MR) is 140 cm³/mol. The van der Waals surface area contributed by atoms with Gasteiger partial charge in [-0.25, -0.2) is 4.79 Å². The van der Waals surface area contributed by atoms with Crippen LogP contribution in [0, 0.1) is 0 Å². The summed E-state index contributed by atoms with van der Waals surface area (Å²) in [4.78, 5) is 27.9. The van der Waals surface area contributed by atoms with Crippen LogP contribution in [0.3, 0.4) is 0 Å². The normalized spacial score (nSPS) is 10.6. The molecule has 0 saturated heterocycles. The second kappa shape index (κ2) is 13.0. The van der Waals surface area contributed by atoms with E-state index in [9.17, 15) is 9.59 Å². The first-order valence-corrected chi connectivity index (χ1v) is 11.8. The monoisotopic (exact) mass is 515 g/mol. The molecule has 0 saturated carbocycles. The van der Waals surface area contributed by atoms with Crippen molar-refractivity contribution in [2.75, 3.05) is 33.5 Å². The van der Waals surface area contributed by atoms with E-state index in [1.165, 1.54) is 7.11 Å². The van der Waals surface area contributed by atoms with Crippen molar-refractivity contribution in [1.82, 2.24) is 0 Å². The Kier molecular flexibility index (Phi) is 8.96. The van der Waals surface area contributed by atoms with Gasteiger partial charge in [0.2, 0.25) is 11.2 Å². The van der Waals surface area contributed by atoms with Crippen LogP contribution in [0.4, 0.5) is 0 Å². The molecule has 0 bridgehead atoms. The third-order valence-electron chi connectivity index (χ3n) is 5.50. The van der Waals surface area contributed by atoms with Crippen molar-refractivity contribution < 1.29 is 28.2 Å². The van der Waals surface area contributed by atoms with Gasteiger partial charge >= 0.3 is 5.97 Å². The standard InChI is InChI=1S/C28H25N3O7/c1-34-28(33)21-6-4-5-19(17-21)18-37-27-25(32)23-7-2-3-8-24(23)38-26(27)20-9-11-22(12-10-20)36-16-15-35-14-13-30-31-29/h2-12,17H,13-16,18H2,1H3. The van der Waals surface area contributed by atoms with E-state index in [2.05, 4.69) is 10.0 Å². The van der Waals surface area contributed by atoms with Gasteiger partial charge in [-0.1, -0.05) is 29.4 Å². The number of hydrogen-bond donors (Lipinski definition) is 0. The maximum absolute atomic E-state index is 13.4. The van der Waals surface area contributed by atoms with E-state index in [0.29, 0.717) is 53.2 Å². The van der Waals surface area contributed by atoms with Crippen molar-refractivity contribution in [1.29, 1.82) is 0 Å². The molecule has 0 aliphatic heterocycles. The van der Waals surface area contributed by atoms with E-state index in [0.717, 1.165) is 0 Å². The lowest BCUT2D eigenvalue weighted by Crippen LogP contribution is -2.11. The smallest absolute Gasteiger partial charge is 0.337 e. The molecule has 0 unspecified atom stereocenters. The minimum Gasteiger partial charge on any atom is -0.491 e. The van der Waals surface area contributed by atoms with Crippen LogP contribution < -0.4 is 14.9 Å². The van der Waals surface area contributed by atoms with Gasteiger partial charge in [0.05, 0.1) is 31.3 Å². The first-order valence-electron chi connectivity index (χ1n) is 11.8. The minimum absolute atomic E-state index is 0.0435. The van der Waals surface area contributed by atoms with Crippen LogP contribution in [-0.4, -0.2) is 39.4 Å². The lowest BCUT2D eigenvalue weighted by Gasteiger charge is -2.13. The van der Waals surface area contributed by atoms with Gasteiger partial charge in [-0.15, -0.1) is 0 Å². The van der Waals surface area contributed by atoms with Crippen LogP contribution in [0.5, 0.6) is 11.5 Å². The molecule has 4 rings (SSSR count). The molecule has 38 heavy (non-hydrogen) atoms. The molecule has 10 nitrogen and oxygen atoms in total. The quantitative estimate of drug-likeness (QED) is 0.0796. The number of esters is 1. The van der Waals surface area contributed by atoms with E-state index < -0.39 is 5.97 Å². The van der Waals surface area contributed by atoms with Gasteiger partial charge in [-0.05, 0) is 59.6 Å². The van der Waals surface area contributed by atoms with Gasteiger partial charge in [0, 0.05) is 17.0 Å². The molecule has 0 radical (unpaired) electrons. The van der Waals surface area contributed by atoms with E-state index >= 15 is 0 Å². The van der Waals surface area contributed by atoms with Crippen molar-refractivity contribution in [2.24, 2.45) is 5.11 Å². The highest BCUT2D eigenvalue weighted by Crippen LogP contribution is 2.32. The third kappa shape index (κ3) is 6.50. The zero-order chi connectivity index (χ0) is 26.7. The van der Waals surface area contributed by atoms with Crippen LogP contribution in [0.2, 0.25) is 0 Å². The summed E-state index contributed by atoms with van der Waals surface area (Å²) in [7, 11) is 1.32. The molecule has 0 fully saturated rings. The summed E-state index contributed by atoms with van der Waals surface area (Å²) < 4.78 is 27.9. The molecule has 0 amide bonds. The fourth-order valence-electron chi connectivity index (χ4n) is 3.68. The minimum atomic E-state index is -0.459. The molecule has 1 aromatic heterocycles. The summed E-state index contributed by atoms with van der Waals surface area (Å²) in [5.41, 5.74) is 10.1. The van der Waals surface area contributed by atoms with Gasteiger partial charge in [-0.2, -0.15) is 0 Å². The zero-order valence-electron chi connectivity index (χ0n) is 20.7. The first-order chi connectivity index (χ1) is 18.6. The highest BCUT2D eigenvalue weighted by atomic mass is 16.5. The van der Waals surface area contributed by atoms with Gasteiger partial charge in [-0.3, -0.25) is 4.79 Å². The Labute approximate surface area is 217 Å². The maximum Gasteiger partial charge on any atom is 0.337 e. The molecule has 0 aliphatic rings. The Balaban J connectivity index is 1.54. The topological polar surface area (TPSA) is 133 Å². The molecule has 4 aromatic rings. The number of carbonyl (C=O) groups excluding carboxylic acids is 1. The first kappa shape index (κ1) is 26.3. The number of ether oxygens (including phenoxy) is 4. The Bertz CT molecular complexity index is 1510. The van der Waals surface area contributed by atoms with Crippen molar-refractivity contribution in [3.05, 3.63) is 105 Å². The van der Waals surface area contributed by atoms with Crippen LogP contribution >= 0.6 is 0 Å². The Morgan fingerprint density at radius 1 is 0.974 bits per heavy atom. The Morgan fingerprint density at radius 3 is 2.58 bits per heavy atom. The fraction of sp³-hybridized carbons (Fsp3) is 0.214. The van der Waals surface area contributed by atoms with Crippen molar-refractivity contribution in [3.63, 3.8) is 0 Å². The van der Waals surface area contributed by atoms with E-state index in [4.69, 9.17) is 28.9 Å². The second-order valence-corrected chi connectivity index (χ2v) is 8.01. The third-order valence-corrected chi connectivity index (χ3v) is 5.50. The number of nitrogens with zero attached hydrogens (tertiary/aromatic N) is 3. The number of methoxy groups -OCH3 is 1. The fourth-order valence-corrected chi connectivity index (χ4v) is 3.68. The van der Waals surface area contributed by atoms with E-state index in [1.54, 1.807) is 72.8 Å². The van der Waals surface area contributed by atoms with Gasteiger partial charge in [0.15, 0.2) is 5.76 Å². The zero-order valence-corrected chi connectivity index (χ0v) is 20.7. The number of rotatable bonds is 12. The van der Waals surface area contributed by atoms with Crippen molar-refractivity contribution >= 4 is 16.9 Å². The average molecular weight is 516 g/mol.